The van der Waals surface area contributed by atoms with Crippen LogP contribution in [0.5, 0.6) is 0 Å². The highest BCUT2D eigenvalue weighted by atomic mass is 79.9. The fourth-order valence-electron chi connectivity index (χ4n) is 1.68. The fourth-order valence-corrected chi connectivity index (χ4v) is 2.02. The van der Waals surface area contributed by atoms with Crippen LogP contribution >= 0.6 is 15.9 Å². The minimum absolute atomic E-state index is 0.351. The van der Waals surface area contributed by atoms with Crippen LogP contribution in [0.3, 0.4) is 0 Å². The van der Waals surface area contributed by atoms with Crippen LogP contribution in [-0.2, 0) is 0 Å². The molecule has 21 heavy (non-hydrogen) atoms. The van der Waals surface area contributed by atoms with Crippen molar-refractivity contribution < 1.29 is 9.59 Å². The number of benzene rings is 1. The monoisotopic (exact) mass is 350 g/mol. The summed E-state index contributed by atoms with van der Waals surface area (Å²) in [6, 6.07) is 8.72. The van der Waals surface area contributed by atoms with E-state index in [0.29, 0.717) is 11.3 Å². The number of halogens is 1. The van der Waals surface area contributed by atoms with Crippen LogP contribution in [0.15, 0.2) is 41.0 Å². The van der Waals surface area contributed by atoms with E-state index in [1.54, 1.807) is 30.5 Å². The molecule has 0 saturated heterocycles. The van der Waals surface area contributed by atoms with Gasteiger partial charge in [-0.25, -0.2) is 0 Å². The van der Waals surface area contributed by atoms with Gasteiger partial charge in [0.15, 0.2) is 0 Å². The molecule has 0 radical (unpaired) electrons. The Kier molecular flexibility index (Phi) is 4.64. The minimum Gasteiger partial charge on any atom is -0.378 e. The molecule has 0 saturated carbocycles. The Bertz CT molecular complexity index is 666. The third-order valence-corrected chi connectivity index (χ3v) is 3.26. The Balaban J connectivity index is 1.98. The van der Waals surface area contributed by atoms with Crippen molar-refractivity contribution in [1.29, 1.82) is 0 Å². The predicted octanol–water partition coefficient (Wildman–Crippen LogP) is 1.92. The SMILES string of the molecule is CN(C)c1cccc(C(=O)NNC(=O)c2cc(Br)c[nH]2)c1. The molecule has 7 heteroatoms. The lowest BCUT2D eigenvalue weighted by Crippen LogP contribution is -2.41. The van der Waals surface area contributed by atoms with E-state index in [-0.39, 0.29) is 5.91 Å². The van der Waals surface area contributed by atoms with Gasteiger partial charge >= 0.3 is 0 Å². The maximum absolute atomic E-state index is 12.0. The number of aromatic nitrogens is 1. The third-order valence-electron chi connectivity index (χ3n) is 2.81. The number of amides is 2. The summed E-state index contributed by atoms with van der Waals surface area (Å²) in [6.45, 7) is 0. The molecule has 0 aliphatic carbocycles. The Morgan fingerprint density at radius 2 is 1.86 bits per heavy atom. The number of hydrogen-bond acceptors (Lipinski definition) is 3. The van der Waals surface area contributed by atoms with E-state index in [2.05, 4.69) is 31.8 Å². The molecule has 2 aromatic rings. The van der Waals surface area contributed by atoms with Gasteiger partial charge in [-0.3, -0.25) is 20.4 Å². The molecule has 0 atom stereocenters. The van der Waals surface area contributed by atoms with Crippen LogP contribution in [0.25, 0.3) is 0 Å². The molecule has 0 spiro atoms. The molecular formula is C14H15BrN4O2. The smallest absolute Gasteiger partial charge is 0.286 e. The van der Waals surface area contributed by atoms with Crippen molar-refractivity contribution in [2.24, 2.45) is 0 Å². The highest BCUT2D eigenvalue weighted by molar-refractivity contribution is 9.10. The van der Waals surface area contributed by atoms with E-state index in [9.17, 15) is 9.59 Å². The predicted molar refractivity (Wildman–Crippen MR) is 84.2 cm³/mol. The number of anilines is 1. The van der Waals surface area contributed by atoms with E-state index in [4.69, 9.17) is 0 Å². The first-order valence-corrected chi connectivity index (χ1v) is 6.98. The van der Waals surface area contributed by atoms with E-state index in [1.807, 2.05) is 25.1 Å². The number of hydrogen-bond donors (Lipinski definition) is 3. The lowest BCUT2D eigenvalue weighted by atomic mass is 10.2. The van der Waals surface area contributed by atoms with Crippen molar-refractivity contribution >= 4 is 33.4 Å². The van der Waals surface area contributed by atoms with Gasteiger partial charge in [-0.05, 0) is 40.2 Å². The molecule has 0 bridgehead atoms. The Morgan fingerprint density at radius 3 is 2.48 bits per heavy atom. The second-order valence-electron chi connectivity index (χ2n) is 4.58. The van der Waals surface area contributed by atoms with Crippen LogP contribution < -0.4 is 15.8 Å². The normalized spacial score (nSPS) is 10.0. The van der Waals surface area contributed by atoms with E-state index in [1.165, 1.54) is 0 Å². The first kappa shape index (κ1) is 15.1. The van der Waals surface area contributed by atoms with Crippen molar-refractivity contribution in [3.63, 3.8) is 0 Å². The van der Waals surface area contributed by atoms with Crippen LogP contribution in [-0.4, -0.2) is 30.9 Å². The van der Waals surface area contributed by atoms with E-state index in [0.717, 1.165) is 10.2 Å². The second-order valence-corrected chi connectivity index (χ2v) is 5.50. The van der Waals surface area contributed by atoms with Crippen molar-refractivity contribution in [1.82, 2.24) is 15.8 Å². The van der Waals surface area contributed by atoms with Gasteiger partial charge in [0.25, 0.3) is 11.8 Å². The van der Waals surface area contributed by atoms with Crippen molar-refractivity contribution in [3.8, 4) is 0 Å². The number of carbonyl (C=O) groups is 2. The van der Waals surface area contributed by atoms with Gasteiger partial charge in [-0.1, -0.05) is 6.07 Å². The zero-order chi connectivity index (χ0) is 15.4. The average Bonchev–Trinajstić information content (AvgIpc) is 2.91. The quantitative estimate of drug-likeness (QED) is 0.740. The average molecular weight is 351 g/mol. The Hall–Kier alpha value is -2.28. The highest BCUT2D eigenvalue weighted by Crippen LogP contribution is 2.13. The van der Waals surface area contributed by atoms with Crippen LogP contribution in [0.2, 0.25) is 0 Å². The number of nitrogens with one attached hydrogen (secondary N) is 3. The molecule has 2 amide bonds. The summed E-state index contributed by atoms with van der Waals surface area (Å²) >= 11 is 3.24. The van der Waals surface area contributed by atoms with Gasteiger partial charge in [0.1, 0.15) is 5.69 Å². The van der Waals surface area contributed by atoms with Gasteiger partial charge < -0.3 is 9.88 Å². The standard InChI is InChI=1S/C14H15BrN4O2/c1-19(2)11-5-3-4-9(6-11)13(20)17-18-14(21)12-7-10(15)8-16-12/h3-8,16H,1-2H3,(H,17,20)(H,18,21). The van der Waals surface area contributed by atoms with Gasteiger partial charge in [0.2, 0.25) is 0 Å². The summed E-state index contributed by atoms with van der Waals surface area (Å²) < 4.78 is 0.762. The first-order valence-electron chi connectivity index (χ1n) is 6.19. The van der Waals surface area contributed by atoms with E-state index < -0.39 is 5.91 Å². The second kappa shape index (κ2) is 6.45. The number of H-pyrrole nitrogens is 1. The molecule has 1 aromatic heterocycles. The zero-order valence-corrected chi connectivity index (χ0v) is 13.2. The number of rotatable bonds is 3. The summed E-state index contributed by atoms with van der Waals surface area (Å²) in [4.78, 5) is 28.4. The summed E-state index contributed by atoms with van der Waals surface area (Å²) in [5.41, 5.74) is 6.46. The fraction of sp³-hybridized carbons (Fsp3) is 0.143. The molecule has 2 rings (SSSR count). The molecule has 3 N–H and O–H groups in total. The number of hydrazine groups is 1. The molecule has 0 unspecified atom stereocenters. The molecule has 110 valence electrons. The van der Waals surface area contributed by atoms with Crippen molar-refractivity contribution in [2.45, 2.75) is 0 Å². The molecule has 1 heterocycles. The molecule has 0 aliphatic heterocycles. The molecule has 0 aliphatic rings. The molecule has 6 nitrogen and oxygen atoms in total. The van der Waals surface area contributed by atoms with Crippen LogP contribution in [0.4, 0.5) is 5.69 Å². The maximum Gasteiger partial charge on any atom is 0.286 e. The topological polar surface area (TPSA) is 77.2 Å². The summed E-state index contributed by atoms with van der Waals surface area (Å²) in [6.07, 6.45) is 1.64. The van der Waals surface area contributed by atoms with Gasteiger partial charge in [0.05, 0.1) is 0 Å². The molecule has 1 aromatic carbocycles. The Morgan fingerprint density at radius 1 is 1.14 bits per heavy atom. The lowest BCUT2D eigenvalue weighted by Gasteiger charge is -2.13. The lowest BCUT2D eigenvalue weighted by molar-refractivity contribution is 0.0844. The molecular weight excluding hydrogens is 336 g/mol. The molecule has 0 fully saturated rings. The third kappa shape index (κ3) is 3.85. The highest BCUT2D eigenvalue weighted by Gasteiger charge is 2.11. The van der Waals surface area contributed by atoms with Gasteiger partial charge in [0, 0.05) is 36.0 Å². The van der Waals surface area contributed by atoms with E-state index >= 15 is 0 Å². The first-order chi connectivity index (χ1) is 9.97. The largest absolute Gasteiger partial charge is 0.378 e. The maximum atomic E-state index is 12.0. The Labute approximate surface area is 130 Å². The van der Waals surface area contributed by atoms with Gasteiger partial charge in [-0.15, -0.1) is 0 Å². The van der Waals surface area contributed by atoms with Crippen LogP contribution in [0.1, 0.15) is 20.8 Å². The summed E-state index contributed by atoms with van der Waals surface area (Å²) in [5, 5.41) is 0. The minimum atomic E-state index is -0.419. The zero-order valence-electron chi connectivity index (χ0n) is 11.6. The van der Waals surface area contributed by atoms with Crippen LogP contribution in [0, 0.1) is 0 Å². The summed E-state index contributed by atoms with van der Waals surface area (Å²) in [7, 11) is 3.78. The summed E-state index contributed by atoms with van der Waals surface area (Å²) in [5.74, 6) is -0.796. The van der Waals surface area contributed by atoms with Crippen molar-refractivity contribution in [2.75, 3.05) is 19.0 Å². The number of aromatic amines is 1. The van der Waals surface area contributed by atoms with Gasteiger partial charge in [-0.2, -0.15) is 0 Å². The number of carbonyl (C=O) groups excluding carboxylic acids is 2. The van der Waals surface area contributed by atoms with Crippen molar-refractivity contribution in [3.05, 3.63) is 52.3 Å². The number of nitrogens with zero attached hydrogens (tertiary/aromatic N) is 1.